The Bertz CT molecular complexity index is 592. The minimum Gasteiger partial charge on any atom is -0.491 e. The van der Waals surface area contributed by atoms with Crippen molar-refractivity contribution in [1.82, 2.24) is 10.6 Å². The average molecular weight is 379 g/mol. The van der Waals surface area contributed by atoms with E-state index in [0.29, 0.717) is 25.7 Å². The molecule has 0 atom stereocenters. The van der Waals surface area contributed by atoms with Crippen LogP contribution in [0.15, 0.2) is 29.3 Å². The molecule has 7 heteroatoms. The topological polar surface area (TPSA) is 84.0 Å². The molecule has 1 aromatic carbocycles. The first kappa shape index (κ1) is 22.8. The first-order chi connectivity index (χ1) is 12.7. The third-order valence-corrected chi connectivity index (χ3v) is 3.13. The second kappa shape index (κ2) is 11.4. The Morgan fingerprint density at radius 1 is 1.19 bits per heavy atom. The maximum Gasteiger partial charge on any atom is 0.242 e. The van der Waals surface area contributed by atoms with Crippen molar-refractivity contribution in [3.05, 3.63) is 24.3 Å². The number of anilines is 1. The number of hydrogen-bond acceptors (Lipinski definition) is 4. The molecule has 152 valence electrons. The van der Waals surface area contributed by atoms with E-state index >= 15 is 0 Å². The quantitative estimate of drug-likeness (QED) is 0.350. The molecule has 0 aliphatic rings. The first-order valence-electron chi connectivity index (χ1n) is 9.40. The van der Waals surface area contributed by atoms with Gasteiger partial charge in [-0.1, -0.05) is 0 Å². The Morgan fingerprint density at radius 2 is 1.85 bits per heavy atom. The zero-order valence-electron chi connectivity index (χ0n) is 17.4. The molecule has 0 heterocycles. The van der Waals surface area contributed by atoms with Crippen LogP contribution in [0.25, 0.3) is 0 Å². The number of hydrogen-bond donors (Lipinski definition) is 3. The van der Waals surface area contributed by atoms with Crippen LogP contribution < -0.4 is 20.7 Å². The maximum absolute atomic E-state index is 12.0. The van der Waals surface area contributed by atoms with Crippen LogP contribution in [-0.2, 0) is 9.53 Å². The van der Waals surface area contributed by atoms with Gasteiger partial charge < -0.3 is 25.4 Å². The largest absolute Gasteiger partial charge is 0.491 e. The molecule has 3 N–H and O–H groups in total. The van der Waals surface area contributed by atoms with Gasteiger partial charge in [-0.3, -0.25) is 4.79 Å². The number of guanidine groups is 1. The Morgan fingerprint density at radius 3 is 2.41 bits per heavy atom. The summed E-state index contributed by atoms with van der Waals surface area (Å²) in [6.07, 6.45) is 0.127. The van der Waals surface area contributed by atoms with Gasteiger partial charge in [0.2, 0.25) is 5.91 Å². The summed E-state index contributed by atoms with van der Waals surface area (Å²) in [5.41, 5.74) is 0.569. The van der Waals surface area contributed by atoms with Crippen LogP contribution in [0.5, 0.6) is 5.75 Å². The van der Waals surface area contributed by atoms with Crippen LogP contribution in [0.4, 0.5) is 5.69 Å². The third-order valence-electron chi connectivity index (χ3n) is 3.13. The van der Waals surface area contributed by atoms with Gasteiger partial charge in [-0.15, -0.1) is 0 Å². The summed E-state index contributed by atoms with van der Waals surface area (Å²) in [4.78, 5) is 16.4. The molecular weight excluding hydrogens is 344 g/mol. The molecule has 0 radical (unpaired) electrons. The SMILES string of the molecule is CCOCCNC(=NCC(=O)NC(C)(C)C)Nc1ccc(OC(C)C)cc1. The van der Waals surface area contributed by atoms with Crippen LogP contribution in [0.2, 0.25) is 0 Å². The molecule has 0 unspecified atom stereocenters. The molecule has 1 rings (SSSR count). The lowest BCUT2D eigenvalue weighted by Crippen LogP contribution is -2.42. The molecule has 0 saturated carbocycles. The van der Waals surface area contributed by atoms with E-state index in [2.05, 4.69) is 20.9 Å². The van der Waals surface area contributed by atoms with E-state index in [0.717, 1.165) is 11.4 Å². The van der Waals surface area contributed by atoms with Crippen LogP contribution in [0.1, 0.15) is 41.5 Å². The monoisotopic (exact) mass is 378 g/mol. The molecule has 7 nitrogen and oxygen atoms in total. The first-order valence-corrected chi connectivity index (χ1v) is 9.40. The van der Waals surface area contributed by atoms with Gasteiger partial charge >= 0.3 is 0 Å². The number of nitrogens with zero attached hydrogens (tertiary/aromatic N) is 1. The average Bonchev–Trinajstić information content (AvgIpc) is 2.56. The molecule has 0 aliphatic heterocycles. The van der Waals surface area contributed by atoms with Crippen LogP contribution in [0.3, 0.4) is 0 Å². The lowest BCUT2D eigenvalue weighted by Gasteiger charge is -2.20. The van der Waals surface area contributed by atoms with Gasteiger partial charge in [-0.05, 0) is 65.8 Å². The van der Waals surface area contributed by atoms with E-state index in [1.54, 1.807) is 0 Å². The molecule has 1 aromatic rings. The Labute approximate surface area is 162 Å². The fraction of sp³-hybridized carbons (Fsp3) is 0.600. The summed E-state index contributed by atoms with van der Waals surface area (Å²) in [5.74, 6) is 1.20. The van der Waals surface area contributed by atoms with Crippen molar-refractivity contribution in [3.8, 4) is 5.75 Å². The molecule has 0 bridgehead atoms. The molecule has 0 aliphatic carbocycles. The highest BCUT2D eigenvalue weighted by atomic mass is 16.5. The van der Waals surface area contributed by atoms with E-state index in [1.165, 1.54) is 0 Å². The number of aliphatic imine (C=N–C) groups is 1. The summed E-state index contributed by atoms with van der Waals surface area (Å²) in [6.45, 7) is 13.6. The summed E-state index contributed by atoms with van der Waals surface area (Å²) >= 11 is 0. The number of nitrogens with one attached hydrogen (secondary N) is 3. The lowest BCUT2D eigenvalue weighted by atomic mass is 10.1. The molecule has 0 spiro atoms. The predicted molar refractivity (Wildman–Crippen MR) is 111 cm³/mol. The summed E-state index contributed by atoms with van der Waals surface area (Å²) in [5, 5.41) is 9.27. The smallest absolute Gasteiger partial charge is 0.242 e. The van der Waals surface area contributed by atoms with Gasteiger partial charge in [0.15, 0.2) is 5.96 Å². The van der Waals surface area contributed by atoms with Gasteiger partial charge in [0.05, 0.1) is 12.7 Å². The Kier molecular flexibility index (Phi) is 9.64. The number of amides is 1. The highest BCUT2D eigenvalue weighted by molar-refractivity contribution is 5.95. The van der Waals surface area contributed by atoms with Gasteiger partial charge in [-0.25, -0.2) is 4.99 Å². The number of carbonyl (C=O) groups is 1. The van der Waals surface area contributed by atoms with Crippen molar-refractivity contribution >= 4 is 17.6 Å². The van der Waals surface area contributed by atoms with Crippen LogP contribution >= 0.6 is 0 Å². The molecule has 0 aromatic heterocycles. The van der Waals surface area contributed by atoms with Crippen molar-refractivity contribution in [3.63, 3.8) is 0 Å². The van der Waals surface area contributed by atoms with Crippen molar-refractivity contribution in [1.29, 1.82) is 0 Å². The standard InChI is InChI=1S/C20H34N4O3/c1-7-26-13-12-21-19(22-14-18(25)24-20(4,5)6)23-16-8-10-17(11-9-16)27-15(2)3/h8-11,15H,7,12-14H2,1-6H3,(H,24,25)(H2,21,22,23). The lowest BCUT2D eigenvalue weighted by molar-refractivity contribution is -0.121. The van der Waals surface area contributed by atoms with Crippen molar-refractivity contribution < 1.29 is 14.3 Å². The number of benzene rings is 1. The van der Waals surface area contributed by atoms with E-state index in [9.17, 15) is 4.79 Å². The van der Waals surface area contributed by atoms with Gasteiger partial charge in [-0.2, -0.15) is 0 Å². The molecule has 0 fully saturated rings. The maximum atomic E-state index is 12.0. The summed E-state index contributed by atoms with van der Waals surface area (Å²) in [7, 11) is 0. The molecule has 1 amide bonds. The fourth-order valence-electron chi connectivity index (χ4n) is 2.16. The van der Waals surface area contributed by atoms with E-state index in [1.807, 2.05) is 65.8 Å². The normalized spacial score (nSPS) is 12.0. The van der Waals surface area contributed by atoms with Crippen molar-refractivity contribution in [2.45, 2.75) is 53.2 Å². The molecular formula is C20H34N4O3. The van der Waals surface area contributed by atoms with Gasteiger partial charge in [0.1, 0.15) is 12.3 Å². The molecule has 27 heavy (non-hydrogen) atoms. The zero-order chi connectivity index (χ0) is 20.3. The number of carbonyl (C=O) groups excluding carboxylic acids is 1. The highest BCUT2D eigenvalue weighted by Crippen LogP contribution is 2.16. The van der Waals surface area contributed by atoms with E-state index < -0.39 is 0 Å². The van der Waals surface area contributed by atoms with Crippen molar-refractivity contribution in [2.24, 2.45) is 4.99 Å². The second-order valence-corrected chi connectivity index (χ2v) is 7.40. The Hall–Kier alpha value is -2.28. The van der Waals surface area contributed by atoms with Gasteiger partial charge in [0.25, 0.3) is 0 Å². The van der Waals surface area contributed by atoms with Crippen LogP contribution in [0, 0.1) is 0 Å². The van der Waals surface area contributed by atoms with Gasteiger partial charge in [0, 0.05) is 24.4 Å². The zero-order valence-corrected chi connectivity index (χ0v) is 17.4. The Balaban J connectivity index is 2.72. The third kappa shape index (κ3) is 11.1. The minimum absolute atomic E-state index is 0.0375. The summed E-state index contributed by atoms with van der Waals surface area (Å²) < 4.78 is 11.0. The molecule has 0 saturated heterocycles. The number of ether oxygens (including phenoxy) is 2. The van der Waals surface area contributed by atoms with Crippen molar-refractivity contribution in [2.75, 3.05) is 31.6 Å². The minimum atomic E-state index is -0.283. The fourth-order valence-corrected chi connectivity index (χ4v) is 2.16. The predicted octanol–water partition coefficient (Wildman–Crippen LogP) is 2.78. The highest BCUT2D eigenvalue weighted by Gasteiger charge is 2.13. The second-order valence-electron chi connectivity index (χ2n) is 7.40. The van der Waals surface area contributed by atoms with E-state index in [4.69, 9.17) is 9.47 Å². The summed E-state index contributed by atoms with van der Waals surface area (Å²) in [6, 6.07) is 7.61. The van der Waals surface area contributed by atoms with Crippen LogP contribution in [-0.4, -0.2) is 49.8 Å². The number of rotatable bonds is 9. The van der Waals surface area contributed by atoms with E-state index in [-0.39, 0.29) is 24.1 Å².